The number of ether oxygens (including phenoxy) is 1. The van der Waals surface area contributed by atoms with Crippen LogP contribution in [0.3, 0.4) is 0 Å². The summed E-state index contributed by atoms with van der Waals surface area (Å²) in [6.45, 7) is 6.44. The van der Waals surface area contributed by atoms with Gasteiger partial charge in [0, 0.05) is 6.54 Å². The zero-order valence-electron chi connectivity index (χ0n) is 13.6. The maximum atomic E-state index is 8.95. The summed E-state index contributed by atoms with van der Waals surface area (Å²) in [5, 5.41) is 12.4. The summed E-state index contributed by atoms with van der Waals surface area (Å²) in [7, 11) is 1.60. The maximum Gasteiger partial charge on any atom is 0.136 e. The highest BCUT2D eigenvalue weighted by atomic mass is 16.5. The molecule has 1 N–H and O–H groups in total. The second-order valence-electron chi connectivity index (χ2n) is 5.92. The zero-order valence-corrected chi connectivity index (χ0v) is 13.6. The van der Waals surface area contributed by atoms with Gasteiger partial charge in [0.2, 0.25) is 0 Å². The van der Waals surface area contributed by atoms with Gasteiger partial charge >= 0.3 is 0 Å². The Morgan fingerprint density at radius 2 is 1.95 bits per heavy atom. The Bertz CT molecular complexity index is 449. The van der Waals surface area contributed by atoms with Crippen LogP contribution in [0, 0.1) is 17.2 Å². The molecular weight excluding hydrogens is 260 g/mol. The molecule has 0 fully saturated rings. The molecule has 0 radical (unpaired) electrons. The summed E-state index contributed by atoms with van der Waals surface area (Å²) in [6.07, 6.45) is 6.56. The van der Waals surface area contributed by atoms with Gasteiger partial charge < -0.3 is 10.1 Å². The molecule has 1 rings (SSSR count). The fraction of sp³-hybridized carbons (Fsp3) is 0.611. The van der Waals surface area contributed by atoms with Crippen LogP contribution >= 0.6 is 0 Å². The van der Waals surface area contributed by atoms with E-state index in [-0.39, 0.29) is 0 Å². The highest BCUT2D eigenvalue weighted by Crippen LogP contribution is 2.19. The molecule has 0 aromatic heterocycles. The van der Waals surface area contributed by atoms with E-state index in [0.717, 1.165) is 24.6 Å². The normalized spacial score (nSPS) is 10.6. The van der Waals surface area contributed by atoms with E-state index in [9.17, 15) is 0 Å². The molecule has 0 aliphatic heterocycles. The number of rotatable bonds is 10. The molecule has 0 heterocycles. The largest absolute Gasteiger partial charge is 0.495 e. The van der Waals surface area contributed by atoms with Crippen LogP contribution in [0.15, 0.2) is 18.2 Å². The van der Waals surface area contributed by atoms with Gasteiger partial charge in [0.05, 0.1) is 12.7 Å². The minimum absolute atomic E-state index is 0.589. The lowest BCUT2D eigenvalue weighted by Crippen LogP contribution is -2.14. The highest BCUT2D eigenvalue weighted by molar-refractivity contribution is 5.45. The van der Waals surface area contributed by atoms with E-state index in [0.29, 0.717) is 11.3 Å². The number of nitriles is 1. The van der Waals surface area contributed by atoms with Gasteiger partial charge in [-0.05, 0) is 36.6 Å². The molecule has 3 nitrogen and oxygen atoms in total. The fourth-order valence-corrected chi connectivity index (χ4v) is 2.33. The lowest BCUT2D eigenvalue weighted by atomic mass is 10.0. The monoisotopic (exact) mass is 288 g/mol. The van der Waals surface area contributed by atoms with Crippen molar-refractivity contribution in [2.24, 2.45) is 5.92 Å². The summed E-state index contributed by atoms with van der Waals surface area (Å²) in [5.41, 5.74) is 1.75. The van der Waals surface area contributed by atoms with Crippen LogP contribution in [0.25, 0.3) is 0 Å². The van der Waals surface area contributed by atoms with Crippen LogP contribution in [0.4, 0.5) is 0 Å². The number of hydrogen-bond donors (Lipinski definition) is 1. The Labute approximate surface area is 129 Å². The number of benzene rings is 1. The molecule has 0 aliphatic carbocycles. The summed E-state index contributed by atoms with van der Waals surface area (Å²) in [5.74, 6) is 1.49. The standard InChI is InChI=1S/C18H28N2O/c1-15(2)8-6-4-5-7-11-20-14-16-9-10-17(13-19)18(12-16)21-3/h9-10,12,15,20H,4-8,11,14H2,1-3H3. The van der Waals surface area contributed by atoms with Crippen molar-refractivity contribution in [2.75, 3.05) is 13.7 Å². The Morgan fingerprint density at radius 1 is 1.19 bits per heavy atom. The molecule has 1 aromatic rings. The Morgan fingerprint density at radius 3 is 2.62 bits per heavy atom. The van der Waals surface area contributed by atoms with Crippen LogP contribution in [0.2, 0.25) is 0 Å². The molecule has 3 heteroatoms. The predicted octanol–water partition coefficient (Wildman–Crippen LogP) is 4.26. The first-order valence-electron chi connectivity index (χ1n) is 7.95. The lowest BCUT2D eigenvalue weighted by Gasteiger charge is -2.08. The fourth-order valence-electron chi connectivity index (χ4n) is 2.33. The van der Waals surface area contributed by atoms with E-state index < -0.39 is 0 Å². The third-order valence-corrected chi connectivity index (χ3v) is 3.60. The van der Waals surface area contributed by atoms with Crippen molar-refractivity contribution >= 4 is 0 Å². The lowest BCUT2D eigenvalue weighted by molar-refractivity contribution is 0.412. The molecule has 0 aliphatic rings. The van der Waals surface area contributed by atoms with Crippen LogP contribution in [-0.4, -0.2) is 13.7 Å². The first-order chi connectivity index (χ1) is 10.2. The van der Waals surface area contributed by atoms with E-state index in [1.807, 2.05) is 18.2 Å². The van der Waals surface area contributed by atoms with Crippen LogP contribution in [0.1, 0.15) is 57.1 Å². The van der Waals surface area contributed by atoms with Gasteiger partial charge in [-0.3, -0.25) is 0 Å². The van der Waals surface area contributed by atoms with Gasteiger partial charge in [-0.1, -0.05) is 45.6 Å². The molecule has 0 spiro atoms. The second-order valence-corrected chi connectivity index (χ2v) is 5.92. The van der Waals surface area contributed by atoms with Gasteiger partial charge in [0.15, 0.2) is 0 Å². The van der Waals surface area contributed by atoms with Crippen molar-refractivity contribution in [3.63, 3.8) is 0 Å². The molecule has 0 unspecified atom stereocenters. The Hall–Kier alpha value is -1.53. The van der Waals surface area contributed by atoms with Crippen molar-refractivity contribution in [1.82, 2.24) is 5.32 Å². The van der Waals surface area contributed by atoms with Crippen molar-refractivity contribution in [3.8, 4) is 11.8 Å². The quantitative estimate of drug-likeness (QED) is 0.654. The van der Waals surface area contributed by atoms with Gasteiger partial charge in [-0.25, -0.2) is 0 Å². The molecule has 21 heavy (non-hydrogen) atoms. The molecule has 0 atom stereocenters. The second kappa shape index (κ2) is 10.2. The number of methoxy groups -OCH3 is 1. The van der Waals surface area contributed by atoms with Gasteiger partial charge in [-0.2, -0.15) is 5.26 Å². The molecule has 0 bridgehead atoms. The molecular formula is C18H28N2O. The van der Waals surface area contributed by atoms with Crippen LogP contribution < -0.4 is 10.1 Å². The predicted molar refractivity (Wildman–Crippen MR) is 87.3 cm³/mol. The minimum atomic E-state index is 0.589. The molecule has 1 aromatic carbocycles. The average molecular weight is 288 g/mol. The molecule has 0 saturated heterocycles. The number of nitrogens with one attached hydrogen (secondary N) is 1. The van der Waals surface area contributed by atoms with E-state index in [1.165, 1.54) is 32.1 Å². The number of nitrogens with zero attached hydrogens (tertiary/aromatic N) is 1. The van der Waals surface area contributed by atoms with Crippen molar-refractivity contribution in [2.45, 2.75) is 52.5 Å². The first kappa shape index (κ1) is 17.5. The first-order valence-corrected chi connectivity index (χ1v) is 7.95. The molecule has 0 amide bonds. The summed E-state index contributed by atoms with van der Waals surface area (Å²) < 4.78 is 5.22. The summed E-state index contributed by atoms with van der Waals surface area (Å²) in [6, 6.07) is 7.87. The SMILES string of the molecule is COc1cc(CNCCCCCCC(C)C)ccc1C#N. The third kappa shape index (κ3) is 7.15. The smallest absolute Gasteiger partial charge is 0.136 e. The van der Waals surface area contributed by atoms with E-state index in [2.05, 4.69) is 25.2 Å². The van der Waals surface area contributed by atoms with Crippen molar-refractivity contribution in [3.05, 3.63) is 29.3 Å². The van der Waals surface area contributed by atoms with Gasteiger partial charge in [0.25, 0.3) is 0 Å². The van der Waals surface area contributed by atoms with E-state index >= 15 is 0 Å². The van der Waals surface area contributed by atoms with Crippen LogP contribution in [-0.2, 0) is 6.54 Å². The summed E-state index contributed by atoms with van der Waals surface area (Å²) in [4.78, 5) is 0. The number of hydrogen-bond acceptors (Lipinski definition) is 3. The maximum absolute atomic E-state index is 8.95. The average Bonchev–Trinajstić information content (AvgIpc) is 2.49. The van der Waals surface area contributed by atoms with Crippen molar-refractivity contribution in [1.29, 1.82) is 5.26 Å². The van der Waals surface area contributed by atoms with Crippen LogP contribution in [0.5, 0.6) is 5.75 Å². The highest BCUT2D eigenvalue weighted by Gasteiger charge is 2.03. The Balaban J connectivity index is 2.17. The minimum Gasteiger partial charge on any atom is -0.495 e. The topological polar surface area (TPSA) is 45.0 Å². The molecule has 0 saturated carbocycles. The molecule has 116 valence electrons. The van der Waals surface area contributed by atoms with E-state index in [1.54, 1.807) is 7.11 Å². The summed E-state index contributed by atoms with van der Waals surface area (Å²) >= 11 is 0. The third-order valence-electron chi connectivity index (χ3n) is 3.60. The number of unbranched alkanes of at least 4 members (excludes halogenated alkanes) is 3. The van der Waals surface area contributed by atoms with Gasteiger partial charge in [0.1, 0.15) is 11.8 Å². The van der Waals surface area contributed by atoms with Crippen molar-refractivity contribution < 1.29 is 4.74 Å². The van der Waals surface area contributed by atoms with Gasteiger partial charge in [-0.15, -0.1) is 0 Å². The van der Waals surface area contributed by atoms with E-state index in [4.69, 9.17) is 10.00 Å². The Kier molecular flexibility index (Phi) is 8.54. The zero-order chi connectivity index (χ0) is 15.5.